The van der Waals surface area contributed by atoms with E-state index in [0.717, 1.165) is 0 Å². The average molecular weight is 436 g/mol. The Morgan fingerprint density at radius 3 is 2.60 bits per heavy atom. The number of tetrazole rings is 1. The van der Waals surface area contributed by atoms with E-state index < -0.39 is 0 Å². The molecule has 2 aromatic rings. The van der Waals surface area contributed by atoms with Crippen molar-refractivity contribution >= 4 is 23.6 Å². The number of amides is 2. The lowest BCUT2D eigenvalue weighted by molar-refractivity contribution is -0.130. The summed E-state index contributed by atoms with van der Waals surface area (Å²) >= 11 is 1.21. The first kappa shape index (κ1) is 22.2. The third kappa shape index (κ3) is 6.23. The Morgan fingerprint density at radius 1 is 1.20 bits per heavy atom. The van der Waals surface area contributed by atoms with E-state index in [9.17, 15) is 14.0 Å². The SMILES string of the molecule is CC(C)(C)NC(=O)CN1CCN(C(=O)CSc2nnnn2-c2cccc(F)c2)CC1. The normalized spacial score (nSPS) is 15.3. The van der Waals surface area contributed by atoms with Gasteiger partial charge >= 0.3 is 0 Å². The van der Waals surface area contributed by atoms with Gasteiger partial charge in [-0.05, 0) is 49.4 Å². The predicted molar refractivity (Wildman–Crippen MR) is 111 cm³/mol. The van der Waals surface area contributed by atoms with Crippen LogP contribution < -0.4 is 5.32 Å². The van der Waals surface area contributed by atoms with E-state index in [-0.39, 0.29) is 28.9 Å². The fourth-order valence-electron chi connectivity index (χ4n) is 3.07. The van der Waals surface area contributed by atoms with Crippen molar-refractivity contribution in [3.05, 3.63) is 30.1 Å². The number of carbonyl (C=O) groups excluding carboxylic acids is 2. The van der Waals surface area contributed by atoms with E-state index in [1.807, 2.05) is 25.7 Å². The van der Waals surface area contributed by atoms with Gasteiger partial charge in [-0.1, -0.05) is 17.8 Å². The average Bonchev–Trinajstić information content (AvgIpc) is 3.14. The minimum atomic E-state index is -0.385. The Hall–Kier alpha value is -2.53. The Kier molecular flexibility index (Phi) is 7.03. The summed E-state index contributed by atoms with van der Waals surface area (Å²) in [5.41, 5.74) is 0.240. The molecule has 0 unspecified atom stereocenters. The number of aromatic nitrogens is 4. The molecule has 1 aromatic carbocycles. The monoisotopic (exact) mass is 435 g/mol. The van der Waals surface area contributed by atoms with Crippen molar-refractivity contribution in [2.75, 3.05) is 38.5 Å². The Morgan fingerprint density at radius 2 is 1.93 bits per heavy atom. The molecule has 2 heterocycles. The molecule has 1 aliphatic rings. The van der Waals surface area contributed by atoms with Gasteiger partial charge in [-0.3, -0.25) is 14.5 Å². The molecule has 2 amide bonds. The lowest BCUT2D eigenvalue weighted by atomic mass is 10.1. The van der Waals surface area contributed by atoms with Crippen molar-refractivity contribution in [2.45, 2.75) is 31.5 Å². The molecular formula is C19H26FN7O2S. The molecule has 9 nitrogen and oxygen atoms in total. The van der Waals surface area contributed by atoms with Gasteiger partial charge in [0.1, 0.15) is 5.82 Å². The number of hydrogen-bond donors (Lipinski definition) is 1. The molecule has 1 N–H and O–H groups in total. The first-order valence-corrected chi connectivity index (χ1v) is 10.7. The topological polar surface area (TPSA) is 96.2 Å². The third-order valence-corrected chi connectivity index (χ3v) is 5.33. The van der Waals surface area contributed by atoms with Gasteiger partial charge in [0.05, 0.1) is 18.0 Å². The largest absolute Gasteiger partial charge is 0.350 e. The first-order chi connectivity index (χ1) is 14.2. The van der Waals surface area contributed by atoms with Crippen molar-refractivity contribution in [2.24, 2.45) is 0 Å². The van der Waals surface area contributed by atoms with Gasteiger partial charge in [0.15, 0.2) is 0 Å². The molecule has 11 heteroatoms. The fraction of sp³-hybridized carbons (Fsp3) is 0.526. The third-order valence-electron chi connectivity index (χ3n) is 4.43. The summed E-state index contributed by atoms with van der Waals surface area (Å²) in [6, 6.07) is 5.95. The molecule has 0 bridgehead atoms. The summed E-state index contributed by atoms with van der Waals surface area (Å²) < 4.78 is 14.9. The van der Waals surface area contributed by atoms with Crippen LogP contribution in [0.2, 0.25) is 0 Å². The van der Waals surface area contributed by atoms with E-state index in [0.29, 0.717) is 43.6 Å². The number of carbonyl (C=O) groups is 2. The zero-order chi connectivity index (χ0) is 21.7. The van der Waals surface area contributed by atoms with E-state index >= 15 is 0 Å². The van der Waals surface area contributed by atoms with Gasteiger partial charge in [-0.25, -0.2) is 4.39 Å². The molecule has 1 fully saturated rings. The molecule has 0 atom stereocenters. The summed E-state index contributed by atoms with van der Waals surface area (Å²) in [5.74, 6) is -0.237. The minimum Gasteiger partial charge on any atom is -0.350 e. The van der Waals surface area contributed by atoms with E-state index in [4.69, 9.17) is 0 Å². The van der Waals surface area contributed by atoms with Crippen LogP contribution in [0.5, 0.6) is 0 Å². The highest BCUT2D eigenvalue weighted by Gasteiger charge is 2.24. The van der Waals surface area contributed by atoms with Gasteiger partial charge < -0.3 is 10.2 Å². The molecule has 1 saturated heterocycles. The number of hydrogen-bond acceptors (Lipinski definition) is 7. The zero-order valence-corrected chi connectivity index (χ0v) is 18.2. The van der Waals surface area contributed by atoms with Gasteiger partial charge in [0, 0.05) is 31.7 Å². The Bertz CT molecular complexity index is 891. The van der Waals surface area contributed by atoms with Gasteiger partial charge in [-0.15, -0.1) is 5.10 Å². The lowest BCUT2D eigenvalue weighted by Crippen LogP contribution is -2.53. The van der Waals surface area contributed by atoms with Crippen LogP contribution in [0.3, 0.4) is 0 Å². The molecule has 0 radical (unpaired) electrons. The lowest BCUT2D eigenvalue weighted by Gasteiger charge is -2.34. The molecule has 0 aliphatic carbocycles. The molecule has 1 aromatic heterocycles. The van der Waals surface area contributed by atoms with Crippen LogP contribution in [-0.2, 0) is 9.59 Å². The molecule has 3 rings (SSSR count). The van der Waals surface area contributed by atoms with E-state index in [1.54, 1.807) is 17.0 Å². The highest BCUT2D eigenvalue weighted by Crippen LogP contribution is 2.19. The van der Waals surface area contributed by atoms with Crippen LogP contribution in [-0.4, -0.2) is 85.8 Å². The van der Waals surface area contributed by atoms with Crippen LogP contribution in [0, 0.1) is 5.82 Å². The number of piperazine rings is 1. The second-order valence-corrected chi connectivity index (χ2v) is 9.04. The van der Waals surface area contributed by atoms with Crippen LogP contribution in [0.25, 0.3) is 5.69 Å². The van der Waals surface area contributed by atoms with Crippen LogP contribution in [0.1, 0.15) is 20.8 Å². The van der Waals surface area contributed by atoms with Crippen molar-refractivity contribution in [1.82, 2.24) is 35.3 Å². The molecule has 0 saturated carbocycles. The maximum atomic E-state index is 13.5. The highest BCUT2D eigenvalue weighted by molar-refractivity contribution is 7.99. The standard InChI is InChI=1S/C19H26FN7O2S/c1-19(2,3)21-16(28)12-25-7-9-26(10-8-25)17(29)13-30-18-22-23-24-27(18)15-6-4-5-14(20)11-15/h4-6,11H,7-10,12-13H2,1-3H3,(H,21,28). The zero-order valence-electron chi connectivity index (χ0n) is 17.3. The molecule has 162 valence electrons. The number of nitrogens with one attached hydrogen (secondary N) is 1. The summed E-state index contributed by atoms with van der Waals surface area (Å²) in [5, 5.41) is 14.8. The summed E-state index contributed by atoms with van der Waals surface area (Å²) in [6.45, 7) is 8.60. The summed E-state index contributed by atoms with van der Waals surface area (Å²) in [6.07, 6.45) is 0. The quantitative estimate of drug-likeness (QED) is 0.675. The predicted octanol–water partition coefficient (Wildman–Crippen LogP) is 0.952. The minimum absolute atomic E-state index is 0.0120. The Balaban J connectivity index is 1.47. The summed E-state index contributed by atoms with van der Waals surface area (Å²) in [7, 11) is 0. The second kappa shape index (κ2) is 9.52. The van der Waals surface area contributed by atoms with Crippen molar-refractivity contribution in [3.63, 3.8) is 0 Å². The van der Waals surface area contributed by atoms with Gasteiger partial charge in [-0.2, -0.15) is 4.68 Å². The van der Waals surface area contributed by atoms with Crippen molar-refractivity contribution < 1.29 is 14.0 Å². The number of benzene rings is 1. The summed E-state index contributed by atoms with van der Waals surface area (Å²) in [4.78, 5) is 28.5. The number of rotatable bonds is 6. The van der Waals surface area contributed by atoms with Crippen LogP contribution in [0.4, 0.5) is 4.39 Å². The van der Waals surface area contributed by atoms with Crippen LogP contribution >= 0.6 is 11.8 Å². The van der Waals surface area contributed by atoms with E-state index in [2.05, 4.69) is 20.8 Å². The maximum absolute atomic E-state index is 13.5. The van der Waals surface area contributed by atoms with Crippen molar-refractivity contribution in [3.8, 4) is 5.69 Å². The number of nitrogens with zero attached hydrogens (tertiary/aromatic N) is 6. The number of halogens is 1. The molecule has 1 aliphatic heterocycles. The van der Waals surface area contributed by atoms with Gasteiger partial charge in [0.2, 0.25) is 17.0 Å². The van der Waals surface area contributed by atoms with Crippen molar-refractivity contribution in [1.29, 1.82) is 0 Å². The smallest absolute Gasteiger partial charge is 0.234 e. The Labute approximate surface area is 179 Å². The highest BCUT2D eigenvalue weighted by atomic mass is 32.2. The van der Waals surface area contributed by atoms with Gasteiger partial charge in [0.25, 0.3) is 0 Å². The second-order valence-electron chi connectivity index (χ2n) is 8.10. The fourth-order valence-corrected chi connectivity index (χ4v) is 3.87. The van der Waals surface area contributed by atoms with E-state index in [1.165, 1.54) is 28.6 Å². The first-order valence-electron chi connectivity index (χ1n) is 9.69. The molecule has 0 spiro atoms. The molecular weight excluding hydrogens is 409 g/mol. The molecule has 30 heavy (non-hydrogen) atoms. The number of thioether (sulfide) groups is 1. The maximum Gasteiger partial charge on any atom is 0.234 e. The van der Waals surface area contributed by atoms with Crippen LogP contribution in [0.15, 0.2) is 29.4 Å².